The molecule has 1 N–H and O–H groups in total. The largest absolute Gasteiger partial charge is 0.344 e. The zero-order valence-electron chi connectivity index (χ0n) is 8.63. The van der Waals surface area contributed by atoms with Crippen molar-refractivity contribution in [1.29, 1.82) is 0 Å². The Morgan fingerprint density at radius 3 is 2.60 bits per heavy atom. The molecule has 4 nitrogen and oxygen atoms in total. The number of alkyl halides is 2. The third-order valence-electron chi connectivity index (χ3n) is 2.06. The monoisotopic (exact) mass is 337 g/mol. The van der Waals surface area contributed by atoms with E-state index in [0.29, 0.717) is 16.4 Å². The summed E-state index contributed by atoms with van der Waals surface area (Å²) in [6.07, 6.45) is 1.61. The second-order valence-corrected chi connectivity index (χ2v) is 4.74. The molecule has 0 spiro atoms. The zero-order valence-corrected chi connectivity index (χ0v) is 11.8. The summed E-state index contributed by atoms with van der Waals surface area (Å²) in [4.78, 5) is 11.8. The van der Waals surface area contributed by atoms with Gasteiger partial charge in [0.2, 0.25) is 0 Å². The fourth-order valence-electron chi connectivity index (χ4n) is 1.04. The molecule has 0 aromatic carbocycles. The second-order valence-electron chi connectivity index (χ2n) is 3.62. The van der Waals surface area contributed by atoms with Gasteiger partial charge >= 0.3 is 0 Å². The zero-order chi connectivity index (χ0) is 11.5. The smallest absolute Gasteiger partial charge is 0.270 e. The predicted octanol–water partition coefficient (Wildman–Crippen LogP) is 1.70. The van der Waals surface area contributed by atoms with Crippen LogP contribution in [0.25, 0.3) is 0 Å². The molecule has 0 saturated heterocycles. The summed E-state index contributed by atoms with van der Waals surface area (Å²) in [5.74, 6) is -0.114. The van der Waals surface area contributed by atoms with Gasteiger partial charge in [-0.2, -0.15) is 5.10 Å². The molecule has 1 aromatic heterocycles. The van der Waals surface area contributed by atoms with Crippen LogP contribution in [0, 0.1) is 0 Å². The van der Waals surface area contributed by atoms with Crippen molar-refractivity contribution in [3.63, 3.8) is 0 Å². The molecule has 15 heavy (non-hydrogen) atoms. The van der Waals surface area contributed by atoms with Gasteiger partial charge in [-0.25, -0.2) is 0 Å². The highest BCUT2D eigenvalue weighted by molar-refractivity contribution is 9.09. The van der Waals surface area contributed by atoms with E-state index < -0.39 is 0 Å². The van der Waals surface area contributed by atoms with Gasteiger partial charge in [-0.1, -0.05) is 31.9 Å². The van der Waals surface area contributed by atoms with E-state index in [9.17, 15) is 4.79 Å². The molecule has 0 aliphatic heterocycles. The maximum Gasteiger partial charge on any atom is 0.270 e. The number of carbonyl (C=O) groups excluding carboxylic acids is 1. The molecule has 0 atom stereocenters. The fourth-order valence-corrected chi connectivity index (χ4v) is 2.25. The van der Waals surface area contributed by atoms with Crippen LogP contribution in [0.1, 0.15) is 17.4 Å². The number of aromatic nitrogens is 2. The molecule has 1 amide bonds. The van der Waals surface area contributed by atoms with Crippen LogP contribution >= 0.6 is 31.9 Å². The number of aryl methyl sites for hydroxylation is 1. The normalized spacial score (nSPS) is 11.5. The third-order valence-corrected chi connectivity index (χ3v) is 4.53. The summed E-state index contributed by atoms with van der Waals surface area (Å²) in [5, 5.41) is 8.27. The molecular formula is C9H13Br2N3O. The Morgan fingerprint density at radius 1 is 1.60 bits per heavy atom. The van der Waals surface area contributed by atoms with Crippen LogP contribution in [-0.4, -0.2) is 31.9 Å². The molecule has 0 fully saturated rings. The maximum atomic E-state index is 11.8. The third kappa shape index (κ3) is 3.04. The van der Waals surface area contributed by atoms with Crippen molar-refractivity contribution in [3.05, 3.63) is 18.0 Å². The molecule has 0 radical (unpaired) electrons. The fraction of sp³-hybridized carbons (Fsp3) is 0.556. The number of hydrogen-bond acceptors (Lipinski definition) is 2. The van der Waals surface area contributed by atoms with Gasteiger partial charge in [-0.15, -0.1) is 0 Å². The molecule has 0 aliphatic carbocycles. The van der Waals surface area contributed by atoms with Gasteiger partial charge in [0.15, 0.2) is 0 Å². The van der Waals surface area contributed by atoms with E-state index in [1.807, 2.05) is 6.92 Å². The van der Waals surface area contributed by atoms with Crippen LogP contribution in [0.5, 0.6) is 0 Å². The Kier molecular flexibility index (Phi) is 4.33. The van der Waals surface area contributed by atoms with Gasteiger partial charge < -0.3 is 5.32 Å². The SMILES string of the molecule is Cn1nccc1C(=O)NC(C)(CBr)CBr. The molecule has 0 saturated carbocycles. The number of amides is 1. The average molecular weight is 339 g/mol. The first-order valence-electron chi connectivity index (χ1n) is 4.45. The topological polar surface area (TPSA) is 46.9 Å². The standard InChI is InChI=1S/C9H13Br2N3O/c1-9(5-10,6-11)13-8(15)7-3-4-12-14(7)2/h3-4H,5-6H2,1-2H3,(H,13,15). The van der Waals surface area contributed by atoms with Crippen LogP contribution < -0.4 is 5.32 Å². The van der Waals surface area contributed by atoms with Crippen molar-refractivity contribution >= 4 is 37.8 Å². The van der Waals surface area contributed by atoms with Crippen LogP contribution in [0.15, 0.2) is 12.3 Å². The minimum atomic E-state index is -0.290. The molecule has 0 bridgehead atoms. The molecule has 84 valence electrons. The summed E-state index contributed by atoms with van der Waals surface area (Å²) in [6.45, 7) is 1.96. The molecule has 1 heterocycles. The lowest BCUT2D eigenvalue weighted by Gasteiger charge is -2.26. The lowest BCUT2D eigenvalue weighted by molar-refractivity contribution is 0.0913. The number of nitrogens with one attached hydrogen (secondary N) is 1. The molecular weight excluding hydrogens is 326 g/mol. The van der Waals surface area contributed by atoms with Gasteiger partial charge in [0, 0.05) is 23.9 Å². The van der Waals surface area contributed by atoms with Crippen LogP contribution in [0.3, 0.4) is 0 Å². The van der Waals surface area contributed by atoms with Crippen LogP contribution in [0.2, 0.25) is 0 Å². The van der Waals surface area contributed by atoms with E-state index in [-0.39, 0.29) is 11.4 Å². The highest BCUT2D eigenvalue weighted by atomic mass is 79.9. The Balaban J connectivity index is 2.76. The number of hydrogen-bond donors (Lipinski definition) is 1. The van der Waals surface area contributed by atoms with Gasteiger partial charge in [-0.3, -0.25) is 9.48 Å². The molecule has 1 rings (SSSR count). The summed E-state index contributed by atoms with van der Waals surface area (Å²) in [6, 6.07) is 1.69. The van der Waals surface area contributed by atoms with Crippen molar-refractivity contribution in [2.75, 3.05) is 10.7 Å². The average Bonchev–Trinajstić information content (AvgIpc) is 2.64. The van der Waals surface area contributed by atoms with E-state index in [4.69, 9.17) is 0 Å². The van der Waals surface area contributed by atoms with E-state index in [2.05, 4.69) is 42.3 Å². The lowest BCUT2D eigenvalue weighted by Crippen LogP contribution is -2.49. The number of nitrogens with zero attached hydrogens (tertiary/aromatic N) is 2. The second kappa shape index (κ2) is 5.12. The van der Waals surface area contributed by atoms with E-state index in [1.54, 1.807) is 24.0 Å². The minimum Gasteiger partial charge on any atom is -0.344 e. The van der Waals surface area contributed by atoms with E-state index in [0.717, 1.165) is 0 Å². The summed E-state index contributed by atoms with van der Waals surface area (Å²) in [5.41, 5.74) is 0.268. The van der Waals surface area contributed by atoms with Crippen molar-refractivity contribution in [2.45, 2.75) is 12.5 Å². The Labute approximate surface area is 106 Å². The van der Waals surface area contributed by atoms with Gasteiger partial charge in [0.25, 0.3) is 5.91 Å². The Hall–Kier alpha value is -0.360. The first-order valence-corrected chi connectivity index (χ1v) is 6.69. The van der Waals surface area contributed by atoms with Gasteiger partial charge in [0.1, 0.15) is 5.69 Å². The molecule has 6 heteroatoms. The van der Waals surface area contributed by atoms with Crippen molar-refractivity contribution in [2.24, 2.45) is 7.05 Å². The Morgan fingerprint density at radius 2 is 2.20 bits per heavy atom. The molecule has 0 unspecified atom stereocenters. The van der Waals surface area contributed by atoms with Crippen molar-refractivity contribution in [1.82, 2.24) is 15.1 Å². The van der Waals surface area contributed by atoms with Crippen molar-refractivity contribution in [3.8, 4) is 0 Å². The maximum absolute atomic E-state index is 11.8. The van der Waals surface area contributed by atoms with Crippen molar-refractivity contribution < 1.29 is 4.79 Å². The first kappa shape index (κ1) is 12.7. The summed E-state index contributed by atoms with van der Waals surface area (Å²) >= 11 is 6.75. The van der Waals surface area contributed by atoms with E-state index >= 15 is 0 Å². The van der Waals surface area contributed by atoms with Crippen LogP contribution in [-0.2, 0) is 7.05 Å². The van der Waals surface area contributed by atoms with Gasteiger partial charge in [0.05, 0.1) is 5.54 Å². The number of carbonyl (C=O) groups is 1. The Bertz CT molecular complexity index is 347. The quantitative estimate of drug-likeness (QED) is 0.849. The highest BCUT2D eigenvalue weighted by Crippen LogP contribution is 2.12. The summed E-state index contributed by atoms with van der Waals surface area (Å²) < 4.78 is 1.55. The van der Waals surface area contributed by atoms with E-state index in [1.165, 1.54) is 0 Å². The first-order chi connectivity index (χ1) is 7.02. The predicted molar refractivity (Wildman–Crippen MR) is 66.7 cm³/mol. The molecule has 0 aliphatic rings. The summed E-state index contributed by atoms with van der Waals surface area (Å²) in [7, 11) is 1.74. The number of rotatable bonds is 4. The molecule has 1 aromatic rings. The van der Waals surface area contributed by atoms with Gasteiger partial charge in [-0.05, 0) is 13.0 Å². The van der Waals surface area contributed by atoms with Crippen LogP contribution in [0.4, 0.5) is 0 Å². The lowest BCUT2D eigenvalue weighted by atomic mass is 10.1. The highest BCUT2D eigenvalue weighted by Gasteiger charge is 2.25. The minimum absolute atomic E-state index is 0.114. The number of halogens is 2.